The van der Waals surface area contributed by atoms with Gasteiger partial charge in [0, 0.05) is 12.7 Å². The number of anilines is 1. The van der Waals surface area contributed by atoms with Crippen molar-refractivity contribution in [2.45, 2.75) is 25.6 Å². The van der Waals surface area contributed by atoms with Gasteiger partial charge in [-0.15, -0.1) is 11.6 Å². The molecule has 1 aromatic heterocycles. The van der Waals surface area contributed by atoms with Crippen LogP contribution in [0.15, 0.2) is 18.3 Å². The second-order valence-corrected chi connectivity index (χ2v) is 3.72. The van der Waals surface area contributed by atoms with E-state index < -0.39 is 0 Å². The summed E-state index contributed by atoms with van der Waals surface area (Å²) in [6, 6.07) is 3.99. The van der Waals surface area contributed by atoms with Crippen LogP contribution in [0, 0.1) is 6.92 Å². The predicted molar refractivity (Wildman–Crippen MR) is 57.4 cm³/mol. The molecule has 3 heteroatoms. The van der Waals surface area contributed by atoms with Gasteiger partial charge in [-0.1, -0.05) is 6.92 Å². The fraction of sp³-hybridized carbons (Fsp3) is 0.500. The van der Waals surface area contributed by atoms with Crippen LogP contribution in [-0.2, 0) is 0 Å². The molecule has 1 N–H and O–H groups in total. The lowest BCUT2D eigenvalue weighted by molar-refractivity contribution is 0.840. The first kappa shape index (κ1) is 10.3. The molecule has 0 bridgehead atoms. The maximum absolute atomic E-state index is 5.96. The highest BCUT2D eigenvalue weighted by molar-refractivity contribution is 6.20. The van der Waals surface area contributed by atoms with E-state index in [4.69, 9.17) is 11.6 Å². The van der Waals surface area contributed by atoms with E-state index >= 15 is 0 Å². The highest BCUT2D eigenvalue weighted by atomic mass is 35.5. The van der Waals surface area contributed by atoms with E-state index in [9.17, 15) is 0 Å². The lowest BCUT2D eigenvalue weighted by atomic mass is 10.3. The van der Waals surface area contributed by atoms with Gasteiger partial charge in [0.05, 0.1) is 5.38 Å². The van der Waals surface area contributed by atoms with Crippen LogP contribution in [0.5, 0.6) is 0 Å². The van der Waals surface area contributed by atoms with Crippen LogP contribution < -0.4 is 5.32 Å². The molecule has 72 valence electrons. The van der Waals surface area contributed by atoms with Crippen molar-refractivity contribution in [3.05, 3.63) is 23.9 Å². The average Bonchev–Trinajstić information content (AvgIpc) is 2.14. The quantitative estimate of drug-likeness (QED) is 0.753. The summed E-state index contributed by atoms with van der Waals surface area (Å²) >= 11 is 5.96. The lowest BCUT2D eigenvalue weighted by Gasteiger charge is -2.08. The Bertz CT molecular complexity index is 263. The topological polar surface area (TPSA) is 24.9 Å². The van der Waals surface area contributed by atoms with Gasteiger partial charge in [-0.2, -0.15) is 0 Å². The van der Waals surface area contributed by atoms with Crippen molar-refractivity contribution in [2.24, 2.45) is 0 Å². The van der Waals surface area contributed by atoms with E-state index in [0.717, 1.165) is 18.8 Å². The summed E-state index contributed by atoms with van der Waals surface area (Å²) in [6.45, 7) is 4.89. The van der Waals surface area contributed by atoms with Crippen molar-refractivity contribution in [1.82, 2.24) is 4.98 Å². The molecule has 0 aromatic carbocycles. The first-order valence-electron chi connectivity index (χ1n) is 4.53. The van der Waals surface area contributed by atoms with Crippen molar-refractivity contribution in [3.63, 3.8) is 0 Å². The zero-order valence-corrected chi connectivity index (χ0v) is 8.80. The number of aryl methyl sites for hydroxylation is 1. The molecule has 0 aliphatic rings. The second-order valence-electron chi connectivity index (χ2n) is 3.10. The van der Waals surface area contributed by atoms with Gasteiger partial charge < -0.3 is 5.32 Å². The Balaban J connectivity index is 2.45. The normalized spacial score (nSPS) is 12.5. The first-order valence-corrected chi connectivity index (χ1v) is 4.96. The number of nitrogens with zero attached hydrogens (tertiary/aromatic N) is 1. The Hall–Kier alpha value is -0.760. The van der Waals surface area contributed by atoms with E-state index in [1.165, 1.54) is 5.56 Å². The maximum atomic E-state index is 5.96. The van der Waals surface area contributed by atoms with Crippen LogP contribution in [0.1, 0.15) is 18.9 Å². The maximum Gasteiger partial charge on any atom is 0.126 e. The summed E-state index contributed by atoms with van der Waals surface area (Å²) in [5.41, 5.74) is 1.21. The molecule has 0 aliphatic carbocycles. The minimum Gasteiger partial charge on any atom is -0.369 e. The first-order chi connectivity index (χ1) is 6.22. The molecule has 0 aliphatic heterocycles. The molecule has 2 nitrogen and oxygen atoms in total. The van der Waals surface area contributed by atoms with Gasteiger partial charge in [0.1, 0.15) is 5.82 Å². The van der Waals surface area contributed by atoms with Crippen molar-refractivity contribution < 1.29 is 0 Å². The summed E-state index contributed by atoms with van der Waals surface area (Å²) in [4.78, 5) is 4.18. The summed E-state index contributed by atoms with van der Waals surface area (Å²) in [5.74, 6) is 0.902. The van der Waals surface area contributed by atoms with Gasteiger partial charge in [-0.25, -0.2) is 4.98 Å². The standard InChI is InChI=1S/C10H15ClN2/c1-3-9(11)7-13-10-6-8(2)4-5-12-10/h4-6,9H,3,7H2,1-2H3,(H,12,13). The number of pyridine rings is 1. The lowest BCUT2D eigenvalue weighted by Crippen LogP contribution is -2.13. The van der Waals surface area contributed by atoms with Gasteiger partial charge in [0.25, 0.3) is 0 Å². The molecule has 1 atom stereocenters. The molecule has 0 spiro atoms. The minimum absolute atomic E-state index is 0.183. The minimum atomic E-state index is 0.183. The van der Waals surface area contributed by atoms with Crippen molar-refractivity contribution in [2.75, 3.05) is 11.9 Å². The van der Waals surface area contributed by atoms with Crippen molar-refractivity contribution >= 4 is 17.4 Å². The number of hydrogen-bond donors (Lipinski definition) is 1. The molecule has 0 saturated heterocycles. The molecular weight excluding hydrogens is 184 g/mol. The molecular formula is C10H15ClN2. The third-order valence-electron chi connectivity index (χ3n) is 1.86. The fourth-order valence-electron chi connectivity index (χ4n) is 0.992. The fourth-order valence-corrected chi connectivity index (χ4v) is 1.07. The Morgan fingerprint density at radius 2 is 2.38 bits per heavy atom. The Labute approximate surface area is 84.3 Å². The Kier molecular flexibility index (Phi) is 4.03. The molecule has 1 rings (SSSR count). The van der Waals surface area contributed by atoms with Gasteiger partial charge in [0.2, 0.25) is 0 Å². The number of aromatic nitrogens is 1. The summed E-state index contributed by atoms with van der Waals surface area (Å²) < 4.78 is 0. The van der Waals surface area contributed by atoms with Gasteiger partial charge in [0.15, 0.2) is 0 Å². The predicted octanol–water partition coefficient (Wildman–Crippen LogP) is 2.82. The number of nitrogens with one attached hydrogen (secondary N) is 1. The van der Waals surface area contributed by atoms with E-state index in [1.807, 2.05) is 19.1 Å². The third kappa shape index (κ3) is 3.64. The highest BCUT2D eigenvalue weighted by Crippen LogP contribution is 2.07. The van der Waals surface area contributed by atoms with Crippen LogP contribution in [0.25, 0.3) is 0 Å². The SMILES string of the molecule is CCC(Cl)CNc1cc(C)ccn1. The third-order valence-corrected chi connectivity index (χ3v) is 2.33. The van der Waals surface area contributed by atoms with Crippen molar-refractivity contribution in [3.8, 4) is 0 Å². The van der Waals surface area contributed by atoms with Crippen LogP contribution in [0.3, 0.4) is 0 Å². The molecule has 0 saturated carbocycles. The Morgan fingerprint density at radius 1 is 1.62 bits per heavy atom. The van der Waals surface area contributed by atoms with Crippen LogP contribution in [0.4, 0.5) is 5.82 Å². The average molecular weight is 199 g/mol. The molecule has 0 fully saturated rings. The molecule has 13 heavy (non-hydrogen) atoms. The second kappa shape index (κ2) is 5.07. The largest absolute Gasteiger partial charge is 0.369 e. The molecule has 1 heterocycles. The summed E-state index contributed by atoms with van der Waals surface area (Å²) in [7, 11) is 0. The molecule has 1 unspecified atom stereocenters. The number of alkyl halides is 1. The summed E-state index contributed by atoms with van der Waals surface area (Å²) in [6.07, 6.45) is 2.77. The number of halogens is 1. The molecule has 0 radical (unpaired) electrons. The Morgan fingerprint density at radius 3 is 3.00 bits per heavy atom. The van der Waals surface area contributed by atoms with Crippen molar-refractivity contribution in [1.29, 1.82) is 0 Å². The van der Waals surface area contributed by atoms with E-state index in [-0.39, 0.29) is 5.38 Å². The summed E-state index contributed by atoms with van der Waals surface area (Å²) in [5, 5.41) is 3.38. The van der Waals surface area contributed by atoms with Gasteiger partial charge >= 0.3 is 0 Å². The smallest absolute Gasteiger partial charge is 0.126 e. The zero-order chi connectivity index (χ0) is 9.68. The molecule has 0 amide bonds. The highest BCUT2D eigenvalue weighted by Gasteiger charge is 2.00. The van der Waals surface area contributed by atoms with E-state index in [0.29, 0.717) is 0 Å². The zero-order valence-electron chi connectivity index (χ0n) is 8.05. The van der Waals surface area contributed by atoms with Crippen LogP contribution in [0.2, 0.25) is 0 Å². The van der Waals surface area contributed by atoms with Gasteiger partial charge in [-0.3, -0.25) is 0 Å². The van der Waals surface area contributed by atoms with Crippen LogP contribution >= 0.6 is 11.6 Å². The molecule has 1 aromatic rings. The van der Waals surface area contributed by atoms with Gasteiger partial charge in [-0.05, 0) is 31.0 Å². The monoisotopic (exact) mass is 198 g/mol. The number of rotatable bonds is 4. The number of hydrogen-bond acceptors (Lipinski definition) is 2. The van der Waals surface area contributed by atoms with E-state index in [1.54, 1.807) is 6.20 Å². The van der Waals surface area contributed by atoms with Crippen LogP contribution in [-0.4, -0.2) is 16.9 Å². The van der Waals surface area contributed by atoms with E-state index in [2.05, 4.69) is 17.2 Å².